The van der Waals surface area contributed by atoms with Crippen LogP contribution in [0.1, 0.15) is 5.56 Å². The summed E-state index contributed by atoms with van der Waals surface area (Å²) < 4.78 is 5.22. The van der Waals surface area contributed by atoms with Crippen LogP contribution in [-0.4, -0.2) is 24.3 Å². The highest BCUT2D eigenvalue weighted by atomic mass is 16.5. The zero-order valence-corrected chi connectivity index (χ0v) is 12.7. The summed E-state index contributed by atoms with van der Waals surface area (Å²) in [7, 11) is 1.59. The van der Waals surface area contributed by atoms with Crippen LogP contribution < -0.4 is 15.9 Å². The van der Waals surface area contributed by atoms with Gasteiger partial charge in [-0.15, -0.1) is 0 Å². The molecule has 0 bridgehead atoms. The molecule has 0 aliphatic heterocycles. The summed E-state index contributed by atoms with van der Waals surface area (Å²) >= 11 is 0. The second kappa shape index (κ2) is 6.65. The van der Waals surface area contributed by atoms with Gasteiger partial charge in [-0.1, -0.05) is 30.3 Å². The first-order valence-corrected chi connectivity index (χ1v) is 7.10. The van der Waals surface area contributed by atoms with Crippen molar-refractivity contribution in [3.05, 3.63) is 60.3 Å². The summed E-state index contributed by atoms with van der Waals surface area (Å²) in [5, 5.41) is 5.22. The van der Waals surface area contributed by atoms with Crippen molar-refractivity contribution in [2.45, 2.75) is 0 Å². The Kier molecular flexibility index (Phi) is 4.24. The fourth-order valence-corrected chi connectivity index (χ4v) is 2.25. The molecule has 0 saturated heterocycles. The Labute approximate surface area is 133 Å². The van der Waals surface area contributed by atoms with Crippen molar-refractivity contribution in [3.8, 4) is 5.75 Å². The van der Waals surface area contributed by atoms with Crippen LogP contribution in [0.25, 0.3) is 10.9 Å². The Hall–Kier alpha value is -3.28. The number of aromatic nitrogens is 1. The van der Waals surface area contributed by atoms with E-state index in [4.69, 9.17) is 10.5 Å². The summed E-state index contributed by atoms with van der Waals surface area (Å²) in [4.78, 5) is 7.43. The average Bonchev–Trinajstić information content (AvgIpc) is 2.99. The number of fused-ring (bicyclic) bond motifs is 1. The average molecular weight is 307 g/mol. The van der Waals surface area contributed by atoms with E-state index in [-0.39, 0.29) is 5.96 Å². The third-order valence-corrected chi connectivity index (χ3v) is 3.33. The second-order valence-corrected chi connectivity index (χ2v) is 4.83. The maximum atomic E-state index is 5.84. The molecule has 0 atom stereocenters. The lowest BCUT2D eigenvalue weighted by Gasteiger charge is -2.04. The molecule has 0 radical (unpaired) electrons. The smallest absolute Gasteiger partial charge is 0.214 e. The molecule has 0 fully saturated rings. The molecule has 0 saturated carbocycles. The molecule has 2 aromatic carbocycles. The lowest BCUT2D eigenvalue weighted by Crippen LogP contribution is -2.26. The van der Waals surface area contributed by atoms with Crippen molar-refractivity contribution in [2.24, 2.45) is 15.8 Å². The largest absolute Gasteiger partial charge is 0.494 e. The number of guanidine groups is 1. The van der Waals surface area contributed by atoms with Crippen LogP contribution in [0.15, 0.2) is 64.8 Å². The molecule has 23 heavy (non-hydrogen) atoms. The topological polar surface area (TPSA) is 87.8 Å². The molecule has 1 heterocycles. The molecule has 6 nitrogen and oxygen atoms in total. The van der Waals surface area contributed by atoms with Crippen molar-refractivity contribution < 1.29 is 4.74 Å². The number of para-hydroxylation sites is 3. The Morgan fingerprint density at radius 3 is 2.83 bits per heavy atom. The van der Waals surface area contributed by atoms with Crippen LogP contribution in [-0.2, 0) is 0 Å². The van der Waals surface area contributed by atoms with E-state index in [0.29, 0.717) is 11.4 Å². The first kappa shape index (κ1) is 14.6. The first-order chi connectivity index (χ1) is 11.3. The zero-order valence-electron chi connectivity index (χ0n) is 12.7. The number of hydrazone groups is 1. The van der Waals surface area contributed by atoms with Gasteiger partial charge in [-0.25, -0.2) is 10.4 Å². The van der Waals surface area contributed by atoms with Gasteiger partial charge in [0.2, 0.25) is 5.96 Å². The summed E-state index contributed by atoms with van der Waals surface area (Å²) in [5.41, 5.74) is 11.2. The Morgan fingerprint density at radius 2 is 1.96 bits per heavy atom. The van der Waals surface area contributed by atoms with E-state index in [1.54, 1.807) is 13.3 Å². The number of nitrogens with two attached hydrogens (primary N) is 1. The maximum Gasteiger partial charge on any atom is 0.214 e. The minimum atomic E-state index is 0.186. The van der Waals surface area contributed by atoms with Crippen LogP contribution >= 0.6 is 0 Å². The zero-order chi connectivity index (χ0) is 16.1. The molecule has 3 aromatic rings. The fraction of sp³-hybridized carbons (Fsp3) is 0.0588. The molecule has 0 aliphatic rings. The van der Waals surface area contributed by atoms with Crippen LogP contribution in [0, 0.1) is 0 Å². The van der Waals surface area contributed by atoms with E-state index in [0.717, 1.165) is 16.5 Å². The molecule has 116 valence electrons. The summed E-state index contributed by atoms with van der Waals surface area (Å²) in [6, 6.07) is 15.4. The van der Waals surface area contributed by atoms with Gasteiger partial charge in [0.15, 0.2) is 0 Å². The molecular formula is C17H17N5O. The van der Waals surface area contributed by atoms with Crippen LogP contribution in [0.4, 0.5) is 5.69 Å². The van der Waals surface area contributed by atoms with Gasteiger partial charge in [-0.3, -0.25) is 0 Å². The number of aliphatic imine (C=N–C) groups is 1. The first-order valence-electron chi connectivity index (χ1n) is 7.10. The van der Waals surface area contributed by atoms with Gasteiger partial charge in [-0.05, 0) is 18.2 Å². The van der Waals surface area contributed by atoms with E-state index in [9.17, 15) is 0 Å². The third kappa shape index (κ3) is 3.32. The highest BCUT2D eigenvalue weighted by Gasteiger charge is 2.01. The monoisotopic (exact) mass is 307 g/mol. The molecule has 0 unspecified atom stereocenters. The van der Waals surface area contributed by atoms with E-state index < -0.39 is 0 Å². The maximum absolute atomic E-state index is 5.84. The molecular weight excluding hydrogens is 290 g/mol. The molecule has 3 rings (SSSR count). The van der Waals surface area contributed by atoms with Crippen molar-refractivity contribution in [3.63, 3.8) is 0 Å². The van der Waals surface area contributed by atoms with Crippen molar-refractivity contribution in [1.82, 2.24) is 10.4 Å². The number of hydrogen-bond acceptors (Lipinski definition) is 3. The Morgan fingerprint density at radius 1 is 1.17 bits per heavy atom. The predicted octanol–water partition coefficient (Wildman–Crippen LogP) is 2.75. The van der Waals surface area contributed by atoms with Crippen molar-refractivity contribution in [1.29, 1.82) is 0 Å². The normalized spacial score (nSPS) is 12.0. The van der Waals surface area contributed by atoms with Gasteiger partial charge in [0.1, 0.15) is 11.4 Å². The van der Waals surface area contributed by atoms with E-state index in [2.05, 4.69) is 20.5 Å². The number of benzene rings is 2. The molecule has 0 aliphatic carbocycles. The fourth-order valence-electron chi connectivity index (χ4n) is 2.25. The van der Waals surface area contributed by atoms with Gasteiger partial charge in [0.05, 0.1) is 13.3 Å². The lowest BCUT2D eigenvalue weighted by atomic mass is 10.2. The molecule has 6 heteroatoms. The Bertz CT molecular complexity index is 866. The van der Waals surface area contributed by atoms with Crippen molar-refractivity contribution >= 4 is 28.8 Å². The number of H-pyrrole nitrogens is 1. The van der Waals surface area contributed by atoms with Gasteiger partial charge in [-0.2, -0.15) is 5.10 Å². The van der Waals surface area contributed by atoms with Gasteiger partial charge >= 0.3 is 0 Å². The number of aromatic amines is 1. The number of nitrogens with zero attached hydrogens (tertiary/aromatic N) is 2. The standard InChI is InChI=1S/C17H17N5O/c1-23-16-9-5-4-8-15(16)21-17(18)22-20-11-12-10-19-14-7-3-2-6-13(12)14/h2-11,19H,1H3,(H3,18,21,22)/b20-11+. The van der Waals surface area contributed by atoms with Crippen LogP contribution in [0.3, 0.4) is 0 Å². The van der Waals surface area contributed by atoms with Gasteiger partial charge in [0.25, 0.3) is 0 Å². The summed E-state index contributed by atoms with van der Waals surface area (Å²) in [6.45, 7) is 0. The SMILES string of the molecule is COc1ccccc1N=C(N)N/N=C/c1c[nH]c2ccccc12. The van der Waals surface area contributed by atoms with Crippen LogP contribution in [0.5, 0.6) is 5.75 Å². The van der Waals surface area contributed by atoms with E-state index in [1.165, 1.54) is 0 Å². The summed E-state index contributed by atoms with van der Waals surface area (Å²) in [5.74, 6) is 0.837. The lowest BCUT2D eigenvalue weighted by molar-refractivity contribution is 0.416. The number of ether oxygens (including phenoxy) is 1. The Balaban J connectivity index is 1.73. The number of nitrogens with one attached hydrogen (secondary N) is 2. The van der Waals surface area contributed by atoms with E-state index >= 15 is 0 Å². The van der Waals surface area contributed by atoms with Gasteiger partial charge < -0.3 is 15.5 Å². The third-order valence-electron chi connectivity index (χ3n) is 3.33. The molecule has 0 spiro atoms. The number of rotatable bonds is 4. The van der Waals surface area contributed by atoms with Crippen molar-refractivity contribution in [2.75, 3.05) is 7.11 Å². The minimum absolute atomic E-state index is 0.186. The van der Waals surface area contributed by atoms with E-state index in [1.807, 2.05) is 54.7 Å². The quantitative estimate of drug-likeness (QED) is 0.393. The molecule has 4 N–H and O–H groups in total. The van der Waals surface area contributed by atoms with Gasteiger partial charge in [0, 0.05) is 22.7 Å². The summed E-state index contributed by atoms with van der Waals surface area (Å²) in [6.07, 6.45) is 3.59. The highest BCUT2D eigenvalue weighted by Crippen LogP contribution is 2.25. The minimum Gasteiger partial charge on any atom is -0.494 e. The molecule has 1 aromatic heterocycles. The molecule has 0 amide bonds. The predicted molar refractivity (Wildman–Crippen MR) is 93.3 cm³/mol. The highest BCUT2D eigenvalue weighted by molar-refractivity contribution is 5.99. The van der Waals surface area contributed by atoms with Crippen LogP contribution in [0.2, 0.25) is 0 Å². The number of hydrogen-bond donors (Lipinski definition) is 3. The number of methoxy groups -OCH3 is 1. The second-order valence-electron chi connectivity index (χ2n) is 4.83.